The molecule has 9 nitrogen and oxygen atoms in total. The summed E-state index contributed by atoms with van der Waals surface area (Å²) in [5, 5.41) is 0. The molecule has 2 amide bonds. The molecule has 3 aromatic rings. The molecule has 1 heterocycles. The summed E-state index contributed by atoms with van der Waals surface area (Å²) in [6.07, 6.45) is 3.15. The van der Waals surface area contributed by atoms with Crippen LogP contribution in [0.3, 0.4) is 0 Å². The van der Waals surface area contributed by atoms with Crippen LogP contribution in [0.1, 0.15) is 47.2 Å². The lowest BCUT2D eigenvalue weighted by Crippen LogP contribution is -2.47. The first kappa shape index (κ1) is 37.5. The highest BCUT2D eigenvalue weighted by Crippen LogP contribution is 2.33. The van der Waals surface area contributed by atoms with E-state index in [0.717, 1.165) is 56.6 Å². The van der Waals surface area contributed by atoms with Crippen molar-refractivity contribution < 1.29 is 23.8 Å². The van der Waals surface area contributed by atoms with E-state index >= 15 is 0 Å². The Bertz CT molecular complexity index is 1400. The summed E-state index contributed by atoms with van der Waals surface area (Å²) in [7, 11) is 5.37. The van der Waals surface area contributed by atoms with Crippen LogP contribution in [0.25, 0.3) is 0 Å². The van der Waals surface area contributed by atoms with E-state index in [2.05, 4.69) is 11.9 Å². The van der Waals surface area contributed by atoms with Gasteiger partial charge in [-0.15, -0.1) is 24.8 Å². The van der Waals surface area contributed by atoms with Crippen LogP contribution in [0.4, 0.5) is 11.4 Å². The first-order valence-corrected chi connectivity index (χ1v) is 14.9. The lowest BCUT2D eigenvalue weighted by atomic mass is 10.1. The highest BCUT2D eigenvalue weighted by Gasteiger charge is 2.21. The Labute approximate surface area is 279 Å². The van der Waals surface area contributed by atoms with Gasteiger partial charge in [0.25, 0.3) is 5.91 Å². The Balaban J connectivity index is 0.00000353. The Morgan fingerprint density at radius 2 is 1.60 bits per heavy atom. The van der Waals surface area contributed by atoms with E-state index in [0.29, 0.717) is 47.2 Å². The molecule has 4 rings (SSSR count). The van der Waals surface area contributed by atoms with Gasteiger partial charge in [0.1, 0.15) is 12.4 Å². The Morgan fingerprint density at radius 3 is 2.31 bits per heavy atom. The number of unbranched alkanes of at least 4 members (excludes halogenated alkanes) is 2. The van der Waals surface area contributed by atoms with Crippen molar-refractivity contribution in [3.05, 3.63) is 77.4 Å². The Morgan fingerprint density at radius 1 is 0.867 bits per heavy atom. The highest BCUT2D eigenvalue weighted by molar-refractivity contribution is 6.06. The van der Waals surface area contributed by atoms with Crippen molar-refractivity contribution in [2.45, 2.75) is 39.2 Å². The number of methoxy groups -OCH3 is 1. The number of carbonyl (C=O) groups is 2. The molecular weight excluding hydrogens is 615 g/mol. The number of benzene rings is 3. The molecule has 0 atom stereocenters. The summed E-state index contributed by atoms with van der Waals surface area (Å²) in [5.74, 6) is 1.67. The smallest absolute Gasteiger partial charge is 0.258 e. The number of nitrogens with two attached hydrogens (primary N) is 1. The van der Waals surface area contributed by atoms with Crippen LogP contribution in [0.15, 0.2) is 60.7 Å². The van der Waals surface area contributed by atoms with Crippen molar-refractivity contribution in [2.24, 2.45) is 0 Å². The summed E-state index contributed by atoms with van der Waals surface area (Å²) in [6.45, 7) is 6.29. The maximum absolute atomic E-state index is 13.5. The van der Waals surface area contributed by atoms with Crippen LogP contribution >= 0.6 is 24.8 Å². The molecule has 45 heavy (non-hydrogen) atoms. The average Bonchev–Trinajstić information content (AvgIpc) is 3.02. The predicted molar refractivity (Wildman–Crippen MR) is 185 cm³/mol. The average molecular weight is 662 g/mol. The number of halogens is 2. The van der Waals surface area contributed by atoms with Crippen LogP contribution in [-0.2, 0) is 11.4 Å². The summed E-state index contributed by atoms with van der Waals surface area (Å²) in [6, 6.07) is 18.5. The number of likely N-dealkylation sites (N-methyl/N-ethyl adjacent to an activating group) is 1. The van der Waals surface area contributed by atoms with Gasteiger partial charge >= 0.3 is 0 Å². The van der Waals surface area contributed by atoms with Crippen molar-refractivity contribution in [3.8, 4) is 17.2 Å². The highest BCUT2D eigenvalue weighted by atomic mass is 35.5. The third-order valence-electron chi connectivity index (χ3n) is 7.78. The van der Waals surface area contributed by atoms with Crippen molar-refractivity contribution in [1.29, 1.82) is 0 Å². The number of hydrogen-bond donors (Lipinski definition) is 1. The summed E-state index contributed by atoms with van der Waals surface area (Å²) >= 11 is 0. The summed E-state index contributed by atoms with van der Waals surface area (Å²) < 4.78 is 17.7. The number of aryl methyl sites for hydroxylation is 1. The number of anilines is 2. The largest absolute Gasteiger partial charge is 0.493 e. The maximum atomic E-state index is 13.5. The second-order valence-corrected chi connectivity index (χ2v) is 11.0. The molecule has 0 aliphatic carbocycles. The number of nitrogen functional groups attached to an aromatic ring is 1. The SMILES string of the molecule is COc1cc(C(=O)N(C)c2ccc(C)cc2OCCCCCC(=O)N2CCN(C)CC2)ccc1OCc1ccccc1N.Cl.Cl. The zero-order valence-electron chi connectivity index (χ0n) is 26.6. The van der Waals surface area contributed by atoms with E-state index in [-0.39, 0.29) is 43.2 Å². The molecule has 0 bridgehead atoms. The normalized spacial score (nSPS) is 12.8. The van der Waals surface area contributed by atoms with Crippen molar-refractivity contribution >= 4 is 48.0 Å². The number of ether oxygens (including phenoxy) is 3. The predicted octanol–water partition coefficient (Wildman–Crippen LogP) is 6.00. The van der Waals surface area contributed by atoms with Crippen molar-refractivity contribution in [2.75, 3.05) is 64.6 Å². The summed E-state index contributed by atoms with van der Waals surface area (Å²) in [4.78, 5) is 31.8. The van der Waals surface area contributed by atoms with Gasteiger partial charge in [0.05, 0.1) is 19.4 Å². The quantitative estimate of drug-likeness (QED) is 0.177. The van der Waals surface area contributed by atoms with Gasteiger partial charge in [-0.2, -0.15) is 0 Å². The van der Waals surface area contributed by atoms with Crippen LogP contribution < -0.4 is 24.8 Å². The fraction of sp³-hybridized carbons (Fsp3) is 0.412. The van der Waals surface area contributed by atoms with Gasteiger partial charge in [-0.05, 0) is 75.2 Å². The van der Waals surface area contributed by atoms with E-state index in [1.54, 1.807) is 37.3 Å². The molecule has 11 heteroatoms. The minimum Gasteiger partial charge on any atom is -0.493 e. The number of piperazine rings is 1. The topological polar surface area (TPSA) is 97.6 Å². The Hall–Kier alpha value is -3.66. The van der Waals surface area contributed by atoms with Gasteiger partial charge in [-0.3, -0.25) is 9.59 Å². The molecule has 3 aromatic carbocycles. The second kappa shape index (κ2) is 18.3. The number of carbonyl (C=O) groups excluding carboxylic acids is 2. The van der Waals surface area contributed by atoms with Crippen molar-refractivity contribution in [3.63, 3.8) is 0 Å². The van der Waals surface area contributed by atoms with E-state index in [1.165, 1.54) is 0 Å². The van der Waals surface area contributed by atoms with E-state index in [4.69, 9.17) is 19.9 Å². The van der Waals surface area contributed by atoms with E-state index in [1.807, 2.05) is 54.3 Å². The number of hydrogen-bond acceptors (Lipinski definition) is 7. The second-order valence-electron chi connectivity index (χ2n) is 11.0. The van der Waals surface area contributed by atoms with E-state index in [9.17, 15) is 9.59 Å². The first-order valence-electron chi connectivity index (χ1n) is 14.9. The standard InChI is InChI=1S/C34H44N4O5.2ClH/c1-25-13-15-29(31(22-25)42-21-9-5-6-12-33(39)38-19-17-36(2)18-20-38)37(3)34(40)26-14-16-30(32(23-26)41-4)43-24-27-10-7-8-11-28(27)35;;/h7-8,10-11,13-16,22-23H,5-6,9,12,17-21,24,35H2,1-4H3;2*1H. The summed E-state index contributed by atoms with van der Waals surface area (Å²) in [5.41, 5.74) is 9.74. The molecule has 0 radical (unpaired) electrons. The van der Waals surface area contributed by atoms with Crippen molar-refractivity contribution in [1.82, 2.24) is 9.80 Å². The lowest BCUT2D eigenvalue weighted by molar-refractivity contribution is -0.132. The molecule has 0 unspecified atom stereocenters. The molecule has 1 aliphatic heterocycles. The molecule has 0 saturated carbocycles. The number of amides is 2. The van der Waals surface area contributed by atoms with Crippen LogP contribution in [0.2, 0.25) is 0 Å². The molecule has 0 spiro atoms. The van der Waals surface area contributed by atoms with Crippen LogP contribution in [-0.4, -0.2) is 75.6 Å². The van der Waals surface area contributed by atoms with Gasteiger partial charge in [0.15, 0.2) is 11.5 Å². The molecule has 0 aromatic heterocycles. The Kier molecular flexibility index (Phi) is 15.3. The molecule has 1 aliphatic rings. The monoisotopic (exact) mass is 660 g/mol. The molecule has 1 fully saturated rings. The fourth-order valence-corrected chi connectivity index (χ4v) is 5.01. The van der Waals surface area contributed by atoms with Gasteiger partial charge < -0.3 is 34.6 Å². The third kappa shape index (κ3) is 10.4. The van der Waals surface area contributed by atoms with Gasteiger partial charge in [0.2, 0.25) is 5.91 Å². The van der Waals surface area contributed by atoms with Gasteiger partial charge in [-0.25, -0.2) is 0 Å². The third-order valence-corrected chi connectivity index (χ3v) is 7.78. The minimum absolute atomic E-state index is 0. The van der Waals surface area contributed by atoms with Gasteiger partial charge in [0, 0.05) is 56.5 Å². The number of para-hydroxylation sites is 1. The fourth-order valence-electron chi connectivity index (χ4n) is 5.01. The molecule has 2 N–H and O–H groups in total. The minimum atomic E-state index is -0.201. The van der Waals surface area contributed by atoms with Crippen LogP contribution in [0.5, 0.6) is 17.2 Å². The van der Waals surface area contributed by atoms with Crippen LogP contribution in [0, 0.1) is 6.92 Å². The maximum Gasteiger partial charge on any atom is 0.258 e. The zero-order valence-corrected chi connectivity index (χ0v) is 28.3. The van der Waals surface area contributed by atoms with E-state index < -0.39 is 0 Å². The van der Waals surface area contributed by atoms with Gasteiger partial charge in [-0.1, -0.05) is 24.3 Å². The molecule has 246 valence electrons. The molecule has 1 saturated heterocycles. The molecular formula is C34H46Cl2N4O5. The number of nitrogens with zero attached hydrogens (tertiary/aromatic N) is 3. The lowest BCUT2D eigenvalue weighted by Gasteiger charge is -2.32. The first-order chi connectivity index (χ1) is 20.8. The number of rotatable bonds is 13. The zero-order chi connectivity index (χ0) is 30.8.